The lowest BCUT2D eigenvalue weighted by Gasteiger charge is -2.34. The number of hydrogen-bond acceptors (Lipinski definition) is 7. The molecule has 0 aromatic carbocycles. The molecule has 2 aromatic heterocycles. The Balaban J connectivity index is 1.42. The molecule has 0 N–H and O–H groups in total. The molecule has 2 aromatic rings. The van der Waals surface area contributed by atoms with Gasteiger partial charge >= 0.3 is 0 Å². The second-order valence-corrected chi connectivity index (χ2v) is 9.42. The Kier molecular flexibility index (Phi) is 6.07. The number of carbonyl (C=O) groups is 1. The third-order valence-corrected chi connectivity index (χ3v) is 7.49. The van der Waals surface area contributed by atoms with Gasteiger partial charge in [0.15, 0.2) is 5.82 Å². The van der Waals surface area contributed by atoms with Crippen molar-refractivity contribution in [1.82, 2.24) is 24.2 Å². The molecule has 2 aliphatic heterocycles. The molecule has 2 fully saturated rings. The summed E-state index contributed by atoms with van der Waals surface area (Å²) in [6, 6.07) is 3.60. The largest absolute Gasteiger partial charge is 0.378 e. The molecule has 160 valence electrons. The summed E-state index contributed by atoms with van der Waals surface area (Å²) in [6.07, 6.45) is 6.91. The van der Waals surface area contributed by atoms with Gasteiger partial charge in [-0.3, -0.25) is 9.78 Å². The van der Waals surface area contributed by atoms with Crippen LogP contribution in [0.5, 0.6) is 0 Å². The molecular weight excluding hydrogens is 406 g/mol. The van der Waals surface area contributed by atoms with Crippen LogP contribution in [-0.4, -0.2) is 77.4 Å². The zero-order chi connectivity index (χ0) is 21.1. The zero-order valence-corrected chi connectivity index (χ0v) is 17.7. The van der Waals surface area contributed by atoms with Gasteiger partial charge in [-0.1, -0.05) is 0 Å². The van der Waals surface area contributed by atoms with E-state index in [0.717, 1.165) is 18.4 Å². The first kappa shape index (κ1) is 20.8. The highest BCUT2D eigenvalue weighted by molar-refractivity contribution is 7.89. The standard InChI is InChI=1S/C20H25N5O4S/c1-15-18(14-22-20(23-15)16-4-2-6-21-13-16)30(27,28)25-9-7-24(8-10-25)19(26)12-17-5-3-11-29-17/h2,4,6,13-14,17H,3,5,7-12H2,1H3. The Morgan fingerprint density at radius 2 is 2.03 bits per heavy atom. The molecule has 0 bridgehead atoms. The molecule has 2 aliphatic rings. The number of sulfonamides is 1. The summed E-state index contributed by atoms with van der Waals surface area (Å²) >= 11 is 0. The van der Waals surface area contributed by atoms with Crippen molar-refractivity contribution in [3.63, 3.8) is 0 Å². The molecule has 0 radical (unpaired) electrons. The molecule has 4 heterocycles. The summed E-state index contributed by atoms with van der Waals surface area (Å²) in [5.41, 5.74) is 1.11. The van der Waals surface area contributed by atoms with E-state index in [0.29, 0.717) is 37.6 Å². The first-order chi connectivity index (χ1) is 14.4. The maximum Gasteiger partial charge on any atom is 0.246 e. The number of hydrogen-bond donors (Lipinski definition) is 0. The minimum atomic E-state index is -3.73. The van der Waals surface area contributed by atoms with Gasteiger partial charge < -0.3 is 9.64 Å². The zero-order valence-electron chi connectivity index (χ0n) is 16.9. The molecule has 2 saturated heterocycles. The predicted molar refractivity (Wildman–Crippen MR) is 109 cm³/mol. The van der Waals surface area contributed by atoms with Crippen molar-refractivity contribution in [2.75, 3.05) is 32.8 Å². The van der Waals surface area contributed by atoms with Gasteiger partial charge in [-0.05, 0) is 31.9 Å². The number of nitrogens with zero attached hydrogens (tertiary/aromatic N) is 5. The number of aromatic nitrogens is 3. The number of ether oxygens (including phenoxy) is 1. The number of pyridine rings is 1. The van der Waals surface area contributed by atoms with E-state index >= 15 is 0 Å². The predicted octanol–water partition coefficient (Wildman–Crippen LogP) is 1.25. The fourth-order valence-corrected chi connectivity index (χ4v) is 5.32. The van der Waals surface area contributed by atoms with Crippen LogP contribution in [0.4, 0.5) is 0 Å². The maximum absolute atomic E-state index is 13.1. The van der Waals surface area contributed by atoms with Gasteiger partial charge in [0.2, 0.25) is 15.9 Å². The third-order valence-electron chi connectivity index (χ3n) is 5.49. The fourth-order valence-electron chi connectivity index (χ4n) is 3.79. The van der Waals surface area contributed by atoms with E-state index in [1.54, 1.807) is 30.3 Å². The van der Waals surface area contributed by atoms with Gasteiger partial charge in [0, 0.05) is 50.7 Å². The number of carbonyl (C=O) groups excluding carboxylic acids is 1. The Morgan fingerprint density at radius 3 is 2.67 bits per heavy atom. The van der Waals surface area contributed by atoms with Crippen molar-refractivity contribution in [2.45, 2.75) is 37.2 Å². The number of amides is 1. The third kappa shape index (κ3) is 4.35. The topological polar surface area (TPSA) is 106 Å². The van der Waals surface area contributed by atoms with Gasteiger partial charge in [0.25, 0.3) is 0 Å². The molecule has 9 nitrogen and oxygen atoms in total. The highest BCUT2D eigenvalue weighted by Gasteiger charge is 2.32. The lowest BCUT2D eigenvalue weighted by Crippen LogP contribution is -2.51. The van der Waals surface area contributed by atoms with E-state index in [4.69, 9.17) is 4.74 Å². The van der Waals surface area contributed by atoms with E-state index < -0.39 is 10.0 Å². The second kappa shape index (κ2) is 8.75. The average molecular weight is 432 g/mol. The minimum absolute atomic E-state index is 0.00242. The van der Waals surface area contributed by atoms with Gasteiger partial charge in [0.1, 0.15) is 4.90 Å². The number of piperazine rings is 1. The number of rotatable bonds is 5. The normalized spacial score (nSPS) is 20.4. The maximum atomic E-state index is 13.1. The molecule has 1 atom stereocenters. The Labute approximate surface area is 176 Å². The van der Waals surface area contributed by atoms with E-state index in [-0.39, 0.29) is 30.0 Å². The molecule has 0 saturated carbocycles. The smallest absolute Gasteiger partial charge is 0.246 e. The molecule has 1 amide bonds. The molecule has 4 rings (SSSR count). The van der Waals surface area contributed by atoms with E-state index in [9.17, 15) is 13.2 Å². The van der Waals surface area contributed by atoms with Crippen LogP contribution in [0.25, 0.3) is 11.4 Å². The van der Waals surface area contributed by atoms with Gasteiger partial charge in [-0.25, -0.2) is 18.4 Å². The van der Waals surface area contributed by atoms with Crippen LogP contribution in [0.1, 0.15) is 25.0 Å². The monoisotopic (exact) mass is 431 g/mol. The van der Waals surface area contributed by atoms with E-state index in [1.807, 2.05) is 6.07 Å². The molecule has 10 heteroatoms. The molecule has 0 aliphatic carbocycles. The summed E-state index contributed by atoms with van der Waals surface area (Å²) in [4.78, 5) is 26.9. The Hall–Kier alpha value is -2.43. The van der Waals surface area contributed by atoms with Crippen LogP contribution in [0.2, 0.25) is 0 Å². The van der Waals surface area contributed by atoms with Crippen LogP contribution in [-0.2, 0) is 19.6 Å². The van der Waals surface area contributed by atoms with Crippen LogP contribution in [0.3, 0.4) is 0 Å². The van der Waals surface area contributed by atoms with Crippen molar-refractivity contribution in [1.29, 1.82) is 0 Å². The SMILES string of the molecule is Cc1nc(-c2cccnc2)ncc1S(=O)(=O)N1CCN(C(=O)CC2CCCO2)CC1. The molecule has 1 unspecified atom stereocenters. The quantitative estimate of drug-likeness (QED) is 0.701. The summed E-state index contributed by atoms with van der Waals surface area (Å²) < 4.78 is 33.2. The first-order valence-corrected chi connectivity index (χ1v) is 11.5. The van der Waals surface area contributed by atoms with Crippen molar-refractivity contribution in [3.05, 3.63) is 36.4 Å². The summed E-state index contributed by atoms with van der Waals surface area (Å²) in [6.45, 7) is 3.63. The van der Waals surface area contributed by atoms with Crippen LogP contribution < -0.4 is 0 Å². The van der Waals surface area contributed by atoms with Crippen LogP contribution >= 0.6 is 0 Å². The summed E-state index contributed by atoms with van der Waals surface area (Å²) in [5.74, 6) is 0.461. The first-order valence-electron chi connectivity index (χ1n) is 10.1. The Bertz CT molecular complexity index is 1000. The van der Waals surface area contributed by atoms with E-state index in [1.165, 1.54) is 10.5 Å². The summed E-state index contributed by atoms with van der Waals surface area (Å²) in [7, 11) is -3.73. The van der Waals surface area contributed by atoms with E-state index in [2.05, 4.69) is 15.0 Å². The molecular formula is C20H25N5O4S. The minimum Gasteiger partial charge on any atom is -0.378 e. The highest BCUT2D eigenvalue weighted by atomic mass is 32.2. The molecule has 0 spiro atoms. The van der Waals surface area contributed by atoms with Crippen molar-refractivity contribution >= 4 is 15.9 Å². The van der Waals surface area contributed by atoms with Crippen LogP contribution in [0.15, 0.2) is 35.6 Å². The highest BCUT2D eigenvalue weighted by Crippen LogP contribution is 2.23. The lowest BCUT2D eigenvalue weighted by atomic mass is 10.1. The fraction of sp³-hybridized carbons (Fsp3) is 0.500. The Morgan fingerprint density at radius 1 is 1.23 bits per heavy atom. The van der Waals surface area contributed by atoms with Crippen molar-refractivity contribution < 1.29 is 17.9 Å². The number of aryl methyl sites for hydroxylation is 1. The lowest BCUT2D eigenvalue weighted by molar-refractivity contribution is -0.134. The summed E-state index contributed by atoms with van der Waals surface area (Å²) in [5, 5.41) is 0. The van der Waals surface area contributed by atoms with Crippen molar-refractivity contribution in [2.24, 2.45) is 0 Å². The molecule has 30 heavy (non-hydrogen) atoms. The van der Waals surface area contributed by atoms with Gasteiger partial charge in [-0.2, -0.15) is 4.31 Å². The second-order valence-electron chi connectivity index (χ2n) is 7.51. The average Bonchev–Trinajstić information content (AvgIpc) is 3.27. The van der Waals surface area contributed by atoms with Crippen LogP contribution in [0, 0.1) is 6.92 Å². The van der Waals surface area contributed by atoms with Gasteiger partial charge in [0.05, 0.1) is 24.4 Å². The van der Waals surface area contributed by atoms with Crippen molar-refractivity contribution in [3.8, 4) is 11.4 Å². The van der Waals surface area contributed by atoms with Gasteiger partial charge in [-0.15, -0.1) is 0 Å².